The number of nitrogens with one attached hydrogen (secondary N) is 1. The minimum Gasteiger partial charge on any atom is -0.485 e. The molecular weight excluding hydrogens is 429 g/mol. The van der Waals surface area contributed by atoms with Crippen molar-refractivity contribution in [1.82, 2.24) is 10.3 Å². The van der Waals surface area contributed by atoms with Crippen LogP contribution in [-0.2, 0) is 19.3 Å². The van der Waals surface area contributed by atoms with Gasteiger partial charge in [0.1, 0.15) is 6.10 Å². The number of halogens is 1. The van der Waals surface area contributed by atoms with Crippen molar-refractivity contribution >= 4 is 23.2 Å². The second kappa shape index (κ2) is 8.35. The van der Waals surface area contributed by atoms with Gasteiger partial charge in [-0.05, 0) is 66.0 Å². The number of benzene rings is 1. The number of aromatic nitrogens is 1. The van der Waals surface area contributed by atoms with Crippen molar-refractivity contribution in [1.29, 1.82) is 0 Å². The number of carbonyl (C=O) groups excluding carboxylic acids is 2. The van der Waals surface area contributed by atoms with Crippen LogP contribution in [0, 0.1) is 5.82 Å². The summed E-state index contributed by atoms with van der Waals surface area (Å²) in [6.45, 7) is 0.299. The van der Waals surface area contributed by atoms with E-state index in [1.54, 1.807) is 12.3 Å². The molecule has 1 aliphatic carbocycles. The van der Waals surface area contributed by atoms with E-state index < -0.39 is 11.7 Å². The number of thiophene rings is 1. The number of hydrogen-bond acceptors (Lipinski definition) is 5. The molecule has 3 N–H and O–H groups in total. The molecule has 8 heteroatoms. The molecule has 6 nitrogen and oxygen atoms in total. The number of aryl methyl sites for hydroxylation is 1. The molecule has 0 bridgehead atoms. The van der Waals surface area contributed by atoms with Crippen LogP contribution >= 0.6 is 11.3 Å². The standard InChI is InChI=1S/C24H22FN3O3S/c25-20-8-14(16-6-17(23(26)29)10-27-9-16)5-15-7-18(31-21(15)20)11-28-24(30)22-19-4-2-1-3-13(19)12-32-22/h5-6,8-10,12,18H,1-4,7,11H2,(H2,26,29)(H,28,30). The van der Waals surface area contributed by atoms with Crippen LogP contribution in [0.4, 0.5) is 4.39 Å². The zero-order valence-electron chi connectivity index (χ0n) is 17.3. The molecule has 164 valence electrons. The fourth-order valence-corrected chi connectivity index (χ4v) is 5.47. The first-order valence-electron chi connectivity index (χ1n) is 10.6. The van der Waals surface area contributed by atoms with Gasteiger partial charge in [-0.2, -0.15) is 0 Å². The van der Waals surface area contributed by atoms with Crippen molar-refractivity contribution in [3.63, 3.8) is 0 Å². The van der Waals surface area contributed by atoms with E-state index in [2.05, 4.69) is 15.7 Å². The summed E-state index contributed by atoms with van der Waals surface area (Å²) in [5.41, 5.74) is 9.96. The second-order valence-electron chi connectivity index (χ2n) is 8.20. The van der Waals surface area contributed by atoms with E-state index in [4.69, 9.17) is 10.5 Å². The molecule has 2 aromatic heterocycles. The molecule has 5 rings (SSSR count). The van der Waals surface area contributed by atoms with Gasteiger partial charge in [-0.15, -0.1) is 11.3 Å². The van der Waals surface area contributed by atoms with Crippen molar-refractivity contribution in [3.05, 3.63) is 68.9 Å². The number of carbonyl (C=O) groups is 2. The maximum Gasteiger partial charge on any atom is 0.261 e. The molecule has 1 unspecified atom stereocenters. The maximum absolute atomic E-state index is 14.8. The summed E-state index contributed by atoms with van der Waals surface area (Å²) in [5, 5.41) is 5.05. The van der Waals surface area contributed by atoms with E-state index >= 15 is 0 Å². The molecule has 2 amide bonds. The highest BCUT2D eigenvalue weighted by atomic mass is 32.1. The van der Waals surface area contributed by atoms with Crippen LogP contribution in [0.2, 0.25) is 0 Å². The Kier molecular flexibility index (Phi) is 5.38. The molecule has 32 heavy (non-hydrogen) atoms. The molecule has 0 saturated carbocycles. The van der Waals surface area contributed by atoms with E-state index in [1.807, 2.05) is 6.07 Å². The van der Waals surface area contributed by atoms with Crippen LogP contribution in [0.1, 0.15) is 49.6 Å². The first-order valence-corrected chi connectivity index (χ1v) is 11.5. The molecule has 3 aromatic rings. The van der Waals surface area contributed by atoms with Gasteiger partial charge in [-0.1, -0.05) is 0 Å². The predicted molar refractivity (Wildman–Crippen MR) is 120 cm³/mol. The van der Waals surface area contributed by atoms with Crippen LogP contribution < -0.4 is 15.8 Å². The smallest absolute Gasteiger partial charge is 0.261 e. The molecule has 0 spiro atoms. The molecular formula is C24H22FN3O3S. The third-order valence-electron chi connectivity index (χ3n) is 6.01. The lowest BCUT2D eigenvalue weighted by molar-refractivity contribution is 0.0935. The Balaban J connectivity index is 1.28. The Morgan fingerprint density at radius 3 is 2.84 bits per heavy atom. The fraction of sp³-hybridized carbons (Fsp3) is 0.292. The van der Waals surface area contributed by atoms with Crippen molar-refractivity contribution in [2.45, 2.75) is 38.2 Å². The van der Waals surface area contributed by atoms with Gasteiger partial charge in [-0.25, -0.2) is 4.39 Å². The number of pyridine rings is 1. The summed E-state index contributed by atoms with van der Waals surface area (Å²) in [5.74, 6) is -0.955. The Morgan fingerprint density at radius 1 is 1.16 bits per heavy atom. The topological polar surface area (TPSA) is 94.3 Å². The van der Waals surface area contributed by atoms with Crippen LogP contribution in [0.3, 0.4) is 0 Å². The van der Waals surface area contributed by atoms with Crippen LogP contribution in [-0.4, -0.2) is 29.4 Å². The van der Waals surface area contributed by atoms with Crippen LogP contribution in [0.25, 0.3) is 11.1 Å². The normalized spacial score (nSPS) is 16.7. The summed E-state index contributed by atoms with van der Waals surface area (Å²) in [6, 6.07) is 4.78. The monoisotopic (exact) mass is 451 g/mol. The largest absolute Gasteiger partial charge is 0.485 e. The van der Waals surface area contributed by atoms with Crippen LogP contribution in [0.5, 0.6) is 5.75 Å². The minimum absolute atomic E-state index is 0.0896. The highest BCUT2D eigenvalue weighted by Crippen LogP contribution is 2.36. The second-order valence-corrected chi connectivity index (χ2v) is 9.08. The Morgan fingerprint density at radius 2 is 2.00 bits per heavy atom. The molecule has 0 saturated heterocycles. The summed E-state index contributed by atoms with van der Waals surface area (Å²) in [4.78, 5) is 29.0. The fourth-order valence-electron chi connectivity index (χ4n) is 4.40. The molecule has 1 aromatic carbocycles. The van der Waals surface area contributed by atoms with Crippen molar-refractivity contribution < 1.29 is 18.7 Å². The number of rotatable bonds is 5. The first kappa shape index (κ1) is 20.6. The first-order chi connectivity index (χ1) is 15.5. The molecule has 1 aliphatic heterocycles. The summed E-state index contributed by atoms with van der Waals surface area (Å²) in [6.07, 6.45) is 7.35. The lowest BCUT2D eigenvalue weighted by Gasteiger charge is -2.14. The molecule has 0 radical (unpaired) electrons. The zero-order valence-corrected chi connectivity index (χ0v) is 18.1. The number of ether oxygens (including phenoxy) is 1. The van der Waals surface area contributed by atoms with Gasteiger partial charge < -0.3 is 15.8 Å². The van der Waals surface area contributed by atoms with Gasteiger partial charge in [0.25, 0.3) is 5.91 Å². The molecule has 1 atom stereocenters. The minimum atomic E-state index is -0.591. The maximum atomic E-state index is 14.8. The third-order valence-corrected chi connectivity index (χ3v) is 7.08. The van der Waals surface area contributed by atoms with Crippen molar-refractivity contribution in [2.24, 2.45) is 5.73 Å². The quantitative estimate of drug-likeness (QED) is 0.619. The van der Waals surface area contributed by atoms with Gasteiger partial charge in [0.2, 0.25) is 5.91 Å². The van der Waals surface area contributed by atoms with E-state index in [-0.39, 0.29) is 23.3 Å². The van der Waals surface area contributed by atoms with Gasteiger partial charge in [-0.3, -0.25) is 14.6 Å². The van der Waals surface area contributed by atoms with Crippen molar-refractivity contribution in [3.8, 4) is 16.9 Å². The molecule has 3 heterocycles. The number of nitrogens with zero attached hydrogens (tertiary/aromatic N) is 1. The van der Waals surface area contributed by atoms with Gasteiger partial charge >= 0.3 is 0 Å². The summed E-state index contributed by atoms with van der Waals surface area (Å²) in [7, 11) is 0. The van der Waals surface area contributed by atoms with E-state index in [9.17, 15) is 14.0 Å². The average Bonchev–Trinajstić information content (AvgIpc) is 3.42. The average molecular weight is 452 g/mol. The lowest BCUT2D eigenvalue weighted by atomic mass is 9.94. The van der Waals surface area contributed by atoms with E-state index in [0.29, 0.717) is 24.1 Å². The van der Waals surface area contributed by atoms with Gasteiger partial charge in [0, 0.05) is 29.9 Å². The number of primary amides is 1. The van der Waals surface area contributed by atoms with Gasteiger partial charge in [0.05, 0.1) is 17.0 Å². The highest BCUT2D eigenvalue weighted by molar-refractivity contribution is 7.12. The van der Waals surface area contributed by atoms with Crippen LogP contribution in [0.15, 0.2) is 36.0 Å². The van der Waals surface area contributed by atoms with Gasteiger partial charge in [0.15, 0.2) is 11.6 Å². The predicted octanol–water partition coefficient (Wildman–Crippen LogP) is 3.66. The van der Waals surface area contributed by atoms with E-state index in [1.165, 1.54) is 41.1 Å². The lowest BCUT2D eigenvalue weighted by Crippen LogP contribution is -2.34. The SMILES string of the molecule is NC(=O)c1cncc(-c2cc(F)c3c(c2)CC(CNC(=O)c2scc4c2CCCC4)O3)c1. The van der Waals surface area contributed by atoms with Crippen molar-refractivity contribution in [2.75, 3.05) is 6.54 Å². The molecule has 0 fully saturated rings. The number of amides is 2. The number of nitrogens with two attached hydrogens (primary N) is 1. The Bertz CT molecular complexity index is 1220. The molecule has 2 aliphatic rings. The zero-order chi connectivity index (χ0) is 22.2. The third kappa shape index (κ3) is 3.86. The summed E-state index contributed by atoms with van der Waals surface area (Å²) < 4.78 is 20.6. The summed E-state index contributed by atoms with van der Waals surface area (Å²) >= 11 is 1.50. The highest BCUT2D eigenvalue weighted by Gasteiger charge is 2.28. The van der Waals surface area contributed by atoms with E-state index in [0.717, 1.165) is 29.7 Å². The Hall–Kier alpha value is -3.26. The number of fused-ring (bicyclic) bond motifs is 2. The Labute approximate surface area is 188 Å². The number of hydrogen-bond donors (Lipinski definition) is 2.